The molecule has 2 aromatic heterocycles. The summed E-state index contributed by atoms with van der Waals surface area (Å²) in [6, 6.07) is 15.1. The molecule has 0 aliphatic heterocycles. The van der Waals surface area contributed by atoms with Gasteiger partial charge in [0.1, 0.15) is 0 Å². The molecule has 0 fully saturated rings. The average molecular weight is 287 g/mol. The Bertz CT molecular complexity index is 851. The molecule has 0 saturated carbocycles. The van der Waals surface area contributed by atoms with Gasteiger partial charge >= 0.3 is 0 Å². The van der Waals surface area contributed by atoms with E-state index in [2.05, 4.69) is 26.3 Å². The number of pyridine rings is 1. The first kappa shape index (κ1) is 13.7. The van der Waals surface area contributed by atoms with Gasteiger partial charge in [-0.15, -0.1) is 0 Å². The Morgan fingerprint density at radius 1 is 1.05 bits per heavy atom. The molecule has 0 aliphatic rings. The first-order valence-electron chi connectivity index (χ1n) is 6.78. The van der Waals surface area contributed by atoms with E-state index in [1.54, 1.807) is 24.5 Å². The lowest BCUT2D eigenvalue weighted by atomic mass is 10.1. The van der Waals surface area contributed by atoms with Crippen molar-refractivity contribution >= 4 is 11.6 Å². The van der Waals surface area contributed by atoms with Crippen molar-refractivity contribution < 1.29 is 0 Å². The molecule has 2 heterocycles. The predicted molar refractivity (Wildman–Crippen MR) is 84.4 cm³/mol. The third-order valence-corrected chi connectivity index (χ3v) is 3.13. The van der Waals surface area contributed by atoms with E-state index < -0.39 is 0 Å². The molecule has 0 spiro atoms. The summed E-state index contributed by atoms with van der Waals surface area (Å²) >= 11 is 0. The summed E-state index contributed by atoms with van der Waals surface area (Å²) in [6.07, 6.45) is 3.40. The summed E-state index contributed by atoms with van der Waals surface area (Å²) in [4.78, 5) is 12.9. The largest absolute Gasteiger partial charge is 0.324 e. The van der Waals surface area contributed by atoms with Crippen molar-refractivity contribution in [3.05, 3.63) is 66.1 Å². The number of rotatable bonds is 3. The summed E-state index contributed by atoms with van der Waals surface area (Å²) in [6.45, 7) is 1.92. The van der Waals surface area contributed by atoms with Crippen LogP contribution in [0.2, 0.25) is 0 Å². The van der Waals surface area contributed by atoms with Crippen LogP contribution in [0.1, 0.15) is 11.3 Å². The molecule has 0 unspecified atom stereocenters. The molecule has 0 aliphatic carbocycles. The Kier molecular flexibility index (Phi) is 3.75. The zero-order valence-electron chi connectivity index (χ0n) is 12.0. The van der Waals surface area contributed by atoms with E-state index in [4.69, 9.17) is 0 Å². The molecular weight excluding hydrogens is 274 g/mol. The number of aromatic nitrogens is 3. The molecular formula is C17H13N5. The number of aryl methyl sites for hydroxylation is 1. The number of anilines is 2. The molecule has 1 aromatic carbocycles. The van der Waals surface area contributed by atoms with Crippen LogP contribution < -0.4 is 5.32 Å². The summed E-state index contributed by atoms with van der Waals surface area (Å²) in [5, 5.41) is 12.3. The van der Waals surface area contributed by atoms with Crippen molar-refractivity contribution in [1.29, 1.82) is 5.26 Å². The van der Waals surface area contributed by atoms with Crippen LogP contribution in [0.4, 0.5) is 11.6 Å². The standard InChI is InChI=1S/C17H13N5/c1-12-10-14(6-8-19-12)21-17-20-9-7-16(22-17)15-5-3-2-4-13(15)11-18/h2-10H,1H3,(H,19,20,21,22). The van der Waals surface area contributed by atoms with E-state index in [0.29, 0.717) is 17.2 Å². The van der Waals surface area contributed by atoms with Crippen LogP contribution in [-0.2, 0) is 0 Å². The van der Waals surface area contributed by atoms with Crippen LogP contribution in [-0.4, -0.2) is 15.0 Å². The van der Waals surface area contributed by atoms with Crippen LogP contribution in [0.5, 0.6) is 0 Å². The fourth-order valence-corrected chi connectivity index (χ4v) is 2.13. The van der Waals surface area contributed by atoms with E-state index >= 15 is 0 Å². The minimum atomic E-state index is 0.482. The molecule has 0 radical (unpaired) electrons. The van der Waals surface area contributed by atoms with Gasteiger partial charge in [0.15, 0.2) is 0 Å². The van der Waals surface area contributed by atoms with Gasteiger partial charge in [0.05, 0.1) is 17.3 Å². The van der Waals surface area contributed by atoms with Crippen molar-refractivity contribution in [3.63, 3.8) is 0 Å². The molecule has 1 N–H and O–H groups in total. The topological polar surface area (TPSA) is 74.5 Å². The van der Waals surface area contributed by atoms with Crippen molar-refractivity contribution in [2.45, 2.75) is 6.92 Å². The highest BCUT2D eigenvalue weighted by Gasteiger charge is 2.07. The Labute approximate surface area is 128 Å². The molecule has 0 atom stereocenters. The molecule has 5 nitrogen and oxygen atoms in total. The van der Waals surface area contributed by atoms with E-state index in [9.17, 15) is 5.26 Å². The van der Waals surface area contributed by atoms with Crippen molar-refractivity contribution in [3.8, 4) is 17.3 Å². The highest BCUT2D eigenvalue weighted by molar-refractivity contribution is 5.68. The van der Waals surface area contributed by atoms with Gasteiger partial charge in [-0.25, -0.2) is 9.97 Å². The van der Waals surface area contributed by atoms with Gasteiger partial charge in [-0.05, 0) is 31.2 Å². The van der Waals surface area contributed by atoms with Gasteiger partial charge in [0.2, 0.25) is 5.95 Å². The third-order valence-electron chi connectivity index (χ3n) is 3.13. The molecule has 5 heteroatoms. The van der Waals surface area contributed by atoms with Crippen molar-refractivity contribution in [2.24, 2.45) is 0 Å². The molecule has 22 heavy (non-hydrogen) atoms. The molecule has 106 valence electrons. The lowest BCUT2D eigenvalue weighted by Gasteiger charge is -2.07. The molecule has 0 saturated heterocycles. The van der Waals surface area contributed by atoms with Crippen LogP contribution in [0.3, 0.4) is 0 Å². The lowest BCUT2D eigenvalue weighted by Crippen LogP contribution is -1.99. The third kappa shape index (κ3) is 2.91. The Morgan fingerprint density at radius 3 is 2.68 bits per heavy atom. The maximum atomic E-state index is 9.20. The van der Waals surface area contributed by atoms with Gasteiger partial charge in [0, 0.05) is 29.3 Å². The highest BCUT2D eigenvalue weighted by atomic mass is 15.1. The lowest BCUT2D eigenvalue weighted by molar-refractivity contribution is 1.15. The predicted octanol–water partition coefficient (Wildman–Crippen LogP) is 3.46. The summed E-state index contributed by atoms with van der Waals surface area (Å²) in [7, 11) is 0. The van der Waals surface area contributed by atoms with E-state index in [0.717, 1.165) is 16.9 Å². The van der Waals surface area contributed by atoms with Gasteiger partial charge in [-0.3, -0.25) is 4.98 Å². The summed E-state index contributed by atoms with van der Waals surface area (Å²) in [5.41, 5.74) is 3.88. The summed E-state index contributed by atoms with van der Waals surface area (Å²) in [5.74, 6) is 0.482. The monoisotopic (exact) mass is 287 g/mol. The smallest absolute Gasteiger partial charge is 0.227 e. The molecule has 3 rings (SSSR count). The van der Waals surface area contributed by atoms with Gasteiger partial charge in [-0.1, -0.05) is 18.2 Å². The number of nitrogens with zero attached hydrogens (tertiary/aromatic N) is 4. The Morgan fingerprint density at radius 2 is 1.86 bits per heavy atom. The minimum Gasteiger partial charge on any atom is -0.324 e. The number of nitriles is 1. The zero-order chi connectivity index (χ0) is 15.4. The van der Waals surface area contributed by atoms with Crippen LogP contribution in [0.15, 0.2) is 54.9 Å². The second kappa shape index (κ2) is 6.02. The Hall–Kier alpha value is -3.26. The first-order chi connectivity index (χ1) is 10.8. The van der Waals surface area contributed by atoms with E-state index in [1.807, 2.05) is 37.3 Å². The Balaban J connectivity index is 1.95. The van der Waals surface area contributed by atoms with E-state index in [1.165, 1.54) is 0 Å². The average Bonchev–Trinajstić information content (AvgIpc) is 2.55. The number of hydrogen-bond donors (Lipinski definition) is 1. The normalized spacial score (nSPS) is 10.0. The second-order valence-corrected chi connectivity index (χ2v) is 4.73. The highest BCUT2D eigenvalue weighted by Crippen LogP contribution is 2.22. The maximum absolute atomic E-state index is 9.20. The number of benzene rings is 1. The van der Waals surface area contributed by atoms with Crippen molar-refractivity contribution in [1.82, 2.24) is 15.0 Å². The van der Waals surface area contributed by atoms with Gasteiger partial charge in [-0.2, -0.15) is 5.26 Å². The van der Waals surface area contributed by atoms with Crippen LogP contribution in [0.25, 0.3) is 11.3 Å². The second-order valence-electron chi connectivity index (χ2n) is 4.73. The van der Waals surface area contributed by atoms with Crippen LogP contribution in [0, 0.1) is 18.3 Å². The molecule has 0 amide bonds. The molecule has 0 bridgehead atoms. The first-order valence-corrected chi connectivity index (χ1v) is 6.78. The fraction of sp³-hybridized carbons (Fsp3) is 0.0588. The van der Waals surface area contributed by atoms with Crippen LogP contribution >= 0.6 is 0 Å². The van der Waals surface area contributed by atoms with Gasteiger partial charge < -0.3 is 5.32 Å². The fourth-order valence-electron chi connectivity index (χ4n) is 2.13. The maximum Gasteiger partial charge on any atom is 0.227 e. The quantitative estimate of drug-likeness (QED) is 0.798. The zero-order valence-corrected chi connectivity index (χ0v) is 12.0. The van der Waals surface area contributed by atoms with Crippen molar-refractivity contribution in [2.75, 3.05) is 5.32 Å². The van der Waals surface area contributed by atoms with E-state index in [-0.39, 0.29) is 0 Å². The number of nitrogens with one attached hydrogen (secondary N) is 1. The minimum absolute atomic E-state index is 0.482. The SMILES string of the molecule is Cc1cc(Nc2nccc(-c3ccccc3C#N)n2)ccn1. The summed E-state index contributed by atoms with van der Waals surface area (Å²) < 4.78 is 0. The number of hydrogen-bond acceptors (Lipinski definition) is 5. The molecule has 3 aromatic rings. The van der Waals surface area contributed by atoms with Gasteiger partial charge in [0.25, 0.3) is 0 Å².